The molecule has 1 aliphatic heterocycles. The van der Waals surface area contributed by atoms with Crippen molar-refractivity contribution >= 4 is 5.97 Å². The Morgan fingerprint density at radius 2 is 2.25 bits per heavy atom. The molecule has 86 valence electrons. The van der Waals surface area contributed by atoms with Gasteiger partial charge in [-0.25, -0.2) is 4.79 Å². The second-order valence-corrected chi connectivity index (χ2v) is 3.75. The Morgan fingerprint density at radius 3 is 2.81 bits per heavy atom. The van der Waals surface area contributed by atoms with E-state index in [1.165, 1.54) is 0 Å². The van der Waals surface area contributed by atoms with Gasteiger partial charge in [-0.2, -0.15) is 0 Å². The first kappa shape index (κ1) is 12.5. The summed E-state index contributed by atoms with van der Waals surface area (Å²) in [6, 6.07) is 0. The van der Waals surface area contributed by atoms with E-state index in [-0.39, 0.29) is 5.97 Å². The van der Waals surface area contributed by atoms with E-state index < -0.39 is 5.72 Å². The topological polar surface area (TPSA) is 38.3 Å². The minimum atomic E-state index is -0.673. The molecule has 16 heavy (non-hydrogen) atoms. The highest BCUT2D eigenvalue weighted by molar-refractivity contribution is 5.90. The van der Waals surface area contributed by atoms with Crippen LogP contribution < -0.4 is 5.32 Å². The minimum absolute atomic E-state index is 0.259. The fourth-order valence-corrected chi connectivity index (χ4v) is 1.41. The van der Waals surface area contributed by atoms with Gasteiger partial charge in [0.2, 0.25) is 0 Å². The Kier molecular flexibility index (Phi) is 4.26. The van der Waals surface area contributed by atoms with E-state index in [1.807, 2.05) is 31.2 Å². The van der Waals surface area contributed by atoms with E-state index in [4.69, 9.17) is 4.74 Å². The van der Waals surface area contributed by atoms with Crippen LogP contribution in [0.3, 0.4) is 0 Å². The number of carbonyl (C=O) groups excluding carboxylic acids is 1. The van der Waals surface area contributed by atoms with E-state index in [2.05, 4.69) is 11.9 Å². The van der Waals surface area contributed by atoms with Gasteiger partial charge in [0.15, 0.2) is 5.72 Å². The third kappa shape index (κ3) is 3.51. The lowest BCUT2D eigenvalue weighted by atomic mass is 10.2. The second-order valence-electron chi connectivity index (χ2n) is 3.75. The summed E-state index contributed by atoms with van der Waals surface area (Å²) < 4.78 is 5.18. The van der Waals surface area contributed by atoms with Gasteiger partial charge in [-0.1, -0.05) is 37.0 Å². The van der Waals surface area contributed by atoms with Gasteiger partial charge in [0, 0.05) is 12.1 Å². The molecule has 1 N–H and O–H groups in total. The van der Waals surface area contributed by atoms with E-state index in [0.717, 1.165) is 0 Å². The van der Waals surface area contributed by atoms with Crippen LogP contribution in [0.4, 0.5) is 0 Å². The third-order valence-corrected chi connectivity index (χ3v) is 2.18. The standard InChI is InChI=1S/C13H17NO2/c1-4-5-6-7-8-9-14-13(3)10-11(2)12(15)16-13/h4-8,10,14H,1,9H2,2-3H3/b6-5-,8-7-. The maximum Gasteiger partial charge on any atom is 0.335 e. The molecular formula is C13H17NO2. The van der Waals surface area contributed by atoms with Crippen molar-refractivity contribution in [2.75, 3.05) is 6.54 Å². The number of ether oxygens (including phenoxy) is 1. The average Bonchev–Trinajstić information content (AvgIpc) is 2.47. The summed E-state index contributed by atoms with van der Waals surface area (Å²) in [6.45, 7) is 7.78. The highest BCUT2D eigenvalue weighted by Gasteiger charge is 2.32. The van der Waals surface area contributed by atoms with Crippen molar-refractivity contribution in [1.82, 2.24) is 5.32 Å². The van der Waals surface area contributed by atoms with Gasteiger partial charge in [0.05, 0.1) is 0 Å². The molecule has 1 atom stereocenters. The molecular weight excluding hydrogens is 202 g/mol. The predicted octanol–water partition coefficient (Wildman–Crippen LogP) is 2.09. The summed E-state index contributed by atoms with van der Waals surface area (Å²) in [7, 11) is 0. The molecule has 3 nitrogen and oxygen atoms in total. The van der Waals surface area contributed by atoms with Crippen molar-refractivity contribution in [3.05, 3.63) is 48.6 Å². The number of carbonyl (C=O) groups is 1. The molecule has 0 amide bonds. The molecule has 0 spiro atoms. The molecule has 0 saturated heterocycles. The quantitative estimate of drug-likeness (QED) is 0.568. The molecule has 1 aliphatic rings. The Morgan fingerprint density at radius 1 is 1.50 bits per heavy atom. The zero-order valence-corrected chi connectivity index (χ0v) is 9.69. The van der Waals surface area contributed by atoms with Crippen LogP contribution in [0, 0.1) is 0 Å². The third-order valence-electron chi connectivity index (χ3n) is 2.18. The normalized spacial score (nSPS) is 25.1. The SMILES string of the molecule is C=C/C=C\C=C/CNC1(C)C=C(C)C(=O)O1. The Hall–Kier alpha value is -1.61. The van der Waals surface area contributed by atoms with Gasteiger partial charge < -0.3 is 4.74 Å². The van der Waals surface area contributed by atoms with Gasteiger partial charge in [0.25, 0.3) is 0 Å². The van der Waals surface area contributed by atoms with E-state index in [9.17, 15) is 4.79 Å². The monoisotopic (exact) mass is 219 g/mol. The molecule has 0 aromatic heterocycles. The van der Waals surface area contributed by atoms with Crippen LogP contribution in [0.15, 0.2) is 48.6 Å². The van der Waals surface area contributed by atoms with E-state index >= 15 is 0 Å². The van der Waals surface area contributed by atoms with Crippen LogP contribution in [0.2, 0.25) is 0 Å². The number of cyclic esters (lactones) is 1. The number of rotatable bonds is 5. The smallest absolute Gasteiger partial charge is 0.335 e. The lowest BCUT2D eigenvalue weighted by Crippen LogP contribution is -2.41. The second kappa shape index (κ2) is 5.47. The van der Waals surface area contributed by atoms with Crippen LogP contribution in [0.5, 0.6) is 0 Å². The predicted molar refractivity (Wildman–Crippen MR) is 64.7 cm³/mol. The fourth-order valence-electron chi connectivity index (χ4n) is 1.41. The van der Waals surface area contributed by atoms with Crippen molar-refractivity contribution in [2.45, 2.75) is 19.6 Å². The van der Waals surface area contributed by atoms with Crippen molar-refractivity contribution in [3.8, 4) is 0 Å². The first-order valence-corrected chi connectivity index (χ1v) is 5.19. The van der Waals surface area contributed by atoms with Gasteiger partial charge in [-0.3, -0.25) is 5.32 Å². The minimum Gasteiger partial charge on any atom is -0.437 e. The maximum atomic E-state index is 11.2. The number of hydrogen-bond acceptors (Lipinski definition) is 3. The van der Waals surface area contributed by atoms with E-state index in [0.29, 0.717) is 12.1 Å². The molecule has 1 rings (SSSR count). The first-order chi connectivity index (χ1) is 7.57. The highest BCUT2D eigenvalue weighted by atomic mass is 16.6. The Bertz CT molecular complexity index is 366. The van der Waals surface area contributed by atoms with Crippen LogP contribution in [0.25, 0.3) is 0 Å². The maximum absolute atomic E-state index is 11.2. The molecule has 0 fully saturated rings. The molecule has 0 saturated carbocycles. The Balaban J connectivity index is 2.39. The van der Waals surface area contributed by atoms with Crippen LogP contribution in [-0.4, -0.2) is 18.2 Å². The van der Waals surface area contributed by atoms with Crippen molar-refractivity contribution in [1.29, 1.82) is 0 Å². The molecule has 0 bridgehead atoms. The number of esters is 1. The molecule has 0 radical (unpaired) electrons. The first-order valence-electron chi connectivity index (χ1n) is 5.19. The molecule has 0 aliphatic carbocycles. The molecule has 1 heterocycles. The molecule has 1 unspecified atom stereocenters. The summed E-state index contributed by atoms with van der Waals surface area (Å²) in [5.41, 5.74) is -0.0289. The molecule has 0 aromatic rings. The van der Waals surface area contributed by atoms with Crippen LogP contribution in [-0.2, 0) is 9.53 Å². The van der Waals surface area contributed by atoms with Crippen LogP contribution in [0.1, 0.15) is 13.8 Å². The van der Waals surface area contributed by atoms with Gasteiger partial charge in [0.1, 0.15) is 0 Å². The van der Waals surface area contributed by atoms with Gasteiger partial charge in [-0.05, 0) is 19.9 Å². The van der Waals surface area contributed by atoms with Crippen molar-refractivity contribution < 1.29 is 9.53 Å². The summed E-state index contributed by atoms with van der Waals surface area (Å²) in [6.07, 6.45) is 11.1. The van der Waals surface area contributed by atoms with E-state index in [1.54, 1.807) is 19.1 Å². The van der Waals surface area contributed by atoms with Crippen molar-refractivity contribution in [2.24, 2.45) is 0 Å². The highest BCUT2D eigenvalue weighted by Crippen LogP contribution is 2.20. The fraction of sp³-hybridized carbons (Fsp3) is 0.308. The zero-order valence-electron chi connectivity index (χ0n) is 9.69. The number of hydrogen-bond donors (Lipinski definition) is 1. The number of nitrogens with one attached hydrogen (secondary N) is 1. The summed E-state index contributed by atoms with van der Waals surface area (Å²) in [5.74, 6) is -0.259. The summed E-state index contributed by atoms with van der Waals surface area (Å²) in [4.78, 5) is 11.2. The summed E-state index contributed by atoms with van der Waals surface area (Å²) in [5, 5.41) is 3.13. The molecule has 3 heteroatoms. The number of allylic oxidation sites excluding steroid dienone is 4. The van der Waals surface area contributed by atoms with Gasteiger partial charge in [-0.15, -0.1) is 0 Å². The lowest BCUT2D eigenvalue weighted by Gasteiger charge is -2.21. The average molecular weight is 219 g/mol. The molecule has 0 aromatic carbocycles. The van der Waals surface area contributed by atoms with Crippen LogP contribution >= 0.6 is 0 Å². The Labute approximate surface area is 96.2 Å². The van der Waals surface area contributed by atoms with Crippen molar-refractivity contribution in [3.63, 3.8) is 0 Å². The zero-order chi connectivity index (χ0) is 12.0. The lowest BCUT2D eigenvalue weighted by molar-refractivity contribution is -0.147. The van der Waals surface area contributed by atoms with Gasteiger partial charge >= 0.3 is 5.97 Å². The largest absolute Gasteiger partial charge is 0.437 e. The summed E-state index contributed by atoms with van der Waals surface area (Å²) >= 11 is 0.